The third kappa shape index (κ3) is 3.24. The molecular weight excluding hydrogens is 421 g/mol. The van der Waals surface area contributed by atoms with Crippen molar-refractivity contribution in [3.63, 3.8) is 0 Å². The van der Waals surface area contributed by atoms with Crippen molar-refractivity contribution >= 4 is 27.8 Å². The smallest absolute Gasteiger partial charge is 0.416 e. The molecule has 1 atom stereocenters. The first-order chi connectivity index (χ1) is 15.2. The molecule has 1 N–H and O–H groups in total. The second-order valence-corrected chi connectivity index (χ2v) is 7.82. The highest BCUT2D eigenvalue weighted by Crippen LogP contribution is 2.38. The maximum atomic E-state index is 13.3. The lowest BCUT2D eigenvalue weighted by Crippen LogP contribution is -2.35. The number of benzene rings is 2. The van der Waals surface area contributed by atoms with Gasteiger partial charge in [0.05, 0.1) is 34.9 Å². The Bertz CT molecular complexity index is 1380. The number of nitrogens with one attached hydrogen (secondary N) is 1. The van der Waals surface area contributed by atoms with Crippen LogP contribution in [0.3, 0.4) is 0 Å². The molecule has 0 bridgehead atoms. The monoisotopic (exact) mass is 440 g/mol. The van der Waals surface area contributed by atoms with E-state index in [0.717, 1.165) is 34.1 Å². The lowest BCUT2D eigenvalue weighted by atomic mass is 9.99. The molecule has 0 unspecified atom stereocenters. The van der Waals surface area contributed by atoms with Crippen LogP contribution in [0.4, 0.5) is 18.0 Å². The van der Waals surface area contributed by atoms with Gasteiger partial charge in [0, 0.05) is 28.5 Å². The summed E-state index contributed by atoms with van der Waals surface area (Å²) in [5, 5.41) is 8.98. The van der Waals surface area contributed by atoms with Crippen LogP contribution in [0.2, 0.25) is 0 Å². The Labute approximate surface area is 181 Å². The number of carbonyl (C=O) groups is 1. The summed E-state index contributed by atoms with van der Waals surface area (Å²) in [7, 11) is 0. The quantitative estimate of drug-likeness (QED) is 0.436. The van der Waals surface area contributed by atoms with Gasteiger partial charge in [0.2, 0.25) is 0 Å². The topological polar surface area (TPSA) is 69.0 Å². The van der Waals surface area contributed by atoms with Gasteiger partial charge in [0.25, 0.3) is 0 Å². The molecule has 0 radical (unpaired) electrons. The van der Waals surface area contributed by atoms with Crippen molar-refractivity contribution in [2.24, 2.45) is 0 Å². The molecule has 0 fully saturated rings. The summed E-state index contributed by atoms with van der Waals surface area (Å²) >= 11 is 0. The average molecular weight is 440 g/mol. The number of amides is 1. The number of halogens is 3. The van der Waals surface area contributed by atoms with Gasteiger partial charge in [-0.15, -0.1) is 0 Å². The largest absolute Gasteiger partial charge is 0.493 e. The number of nitrogens with zero attached hydrogens (tertiary/aromatic N) is 3. The number of fused-ring (bicyclic) bond motifs is 4. The second-order valence-electron chi connectivity index (χ2n) is 7.82. The van der Waals surface area contributed by atoms with Crippen LogP contribution in [0.5, 0.6) is 5.75 Å². The predicted molar refractivity (Wildman–Crippen MR) is 113 cm³/mol. The van der Waals surface area contributed by atoms with Gasteiger partial charge in [-0.2, -0.15) is 23.0 Å². The lowest BCUT2D eigenvalue weighted by Gasteiger charge is -2.27. The molecule has 0 saturated carbocycles. The lowest BCUT2D eigenvalue weighted by molar-refractivity contribution is -0.137. The summed E-state index contributed by atoms with van der Waals surface area (Å²) in [6.07, 6.45) is -4.03. The molecule has 6 nitrogen and oxygen atoms in total. The standard InChI is InChI=1S/C23H19F3N4O2/c1-12-20-13(2)29-30(21(20)16-5-3-4-6-17(16)27-12)22(31)28-18-9-10-32-19-11-14(23(24,25)26)7-8-15(18)19/h3-8,11,18H,9-10H2,1-2H3,(H,28,31)/t18-/m1/s1. The highest BCUT2D eigenvalue weighted by Gasteiger charge is 2.33. The summed E-state index contributed by atoms with van der Waals surface area (Å²) in [6, 6.07) is 9.89. The van der Waals surface area contributed by atoms with Crippen LogP contribution in [0.25, 0.3) is 21.8 Å². The number of rotatable bonds is 1. The highest BCUT2D eigenvalue weighted by molar-refractivity contribution is 6.08. The van der Waals surface area contributed by atoms with Gasteiger partial charge in [-0.25, -0.2) is 4.79 Å². The molecular formula is C23H19F3N4O2. The predicted octanol–water partition coefficient (Wildman–Crippen LogP) is 5.30. The molecule has 0 saturated heterocycles. The molecule has 3 heterocycles. The molecule has 5 rings (SSSR count). The number of hydrogen-bond donors (Lipinski definition) is 1. The van der Waals surface area contributed by atoms with Crippen molar-refractivity contribution in [1.82, 2.24) is 20.1 Å². The number of alkyl halides is 3. The number of ether oxygens (including phenoxy) is 1. The molecule has 4 aromatic rings. The molecule has 1 amide bonds. The molecule has 164 valence electrons. The zero-order chi connectivity index (χ0) is 22.6. The van der Waals surface area contributed by atoms with Crippen molar-refractivity contribution in [1.29, 1.82) is 0 Å². The molecule has 1 aliphatic heterocycles. The van der Waals surface area contributed by atoms with E-state index in [-0.39, 0.29) is 12.4 Å². The van der Waals surface area contributed by atoms with Gasteiger partial charge in [-0.1, -0.05) is 24.3 Å². The molecule has 32 heavy (non-hydrogen) atoms. The van der Waals surface area contributed by atoms with Crippen LogP contribution in [0.15, 0.2) is 42.5 Å². The van der Waals surface area contributed by atoms with Gasteiger partial charge < -0.3 is 10.1 Å². The van der Waals surface area contributed by atoms with E-state index in [1.807, 2.05) is 38.1 Å². The first-order valence-electron chi connectivity index (χ1n) is 10.1. The first kappa shape index (κ1) is 20.3. The van der Waals surface area contributed by atoms with Crippen LogP contribution < -0.4 is 10.1 Å². The number of para-hydroxylation sites is 1. The SMILES string of the molecule is Cc1nc2ccccc2c2c1c(C)nn2C(=O)N[C@@H]1CCOc2cc(C(F)(F)F)ccc21. The van der Waals surface area contributed by atoms with Crippen LogP contribution in [-0.4, -0.2) is 27.4 Å². The maximum absolute atomic E-state index is 13.3. The van der Waals surface area contributed by atoms with Crippen molar-refractivity contribution in [3.8, 4) is 5.75 Å². The maximum Gasteiger partial charge on any atom is 0.416 e. The van der Waals surface area contributed by atoms with E-state index >= 15 is 0 Å². The number of hydrogen-bond acceptors (Lipinski definition) is 4. The van der Waals surface area contributed by atoms with Gasteiger partial charge in [-0.05, 0) is 32.0 Å². The highest BCUT2D eigenvalue weighted by atomic mass is 19.4. The van der Waals surface area contributed by atoms with Gasteiger partial charge >= 0.3 is 12.2 Å². The van der Waals surface area contributed by atoms with E-state index in [0.29, 0.717) is 23.2 Å². The Balaban J connectivity index is 1.55. The first-order valence-corrected chi connectivity index (χ1v) is 10.1. The van der Waals surface area contributed by atoms with E-state index in [2.05, 4.69) is 15.4 Å². The van der Waals surface area contributed by atoms with E-state index in [1.165, 1.54) is 10.7 Å². The minimum absolute atomic E-state index is 0.128. The molecule has 1 aliphatic rings. The van der Waals surface area contributed by atoms with Crippen LogP contribution >= 0.6 is 0 Å². The fourth-order valence-electron chi connectivity index (χ4n) is 4.29. The summed E-state index contributed by atoms with van der Waals surface area (Å²) in [4.78, 5) is 17.9. The van der Waals surface area contributed by atoms with Gasteiger partial charge in [0.1, 0.15) is 5.75 Å². The minimum atomic E-state index is -4.47. The summed E-state index contributed by atoms with van der Waals surface area (Å²) in [6.45, 7) is 3.89. The Hall–Kier alpha value is -3.62. The fraction of sp³-hybridized carbons (Fsp3) is 0.261. The van der Waals surface area contributed by atoms with Crippen LogP contribution in [-0.2, 0) is 6.18 Å². The Morgan fingerprint density at radius 2 is 1.94 bits per heavy atom. The summed E-state index contributed by atoms with van der Waals surface area (Å²) in [5.74, 6) is 0.128. The van der Waals surface area contributed by atoms with Crippen molar-refractivity contribution in [3.05, 3.63) is 65.0 Å². The zero-order valence-electron chi connectivity index (χ0n) is 17.3. The van der Waals surface area contributed by atoms with Crippen molar-refractivity contribution < 1.29 is 22.7 Å². The van der Waals surface area contributed by atoms with E-state index in [1.54, 1.807) is 0 Å². The molecule has 2 aromatic carbocycles. The zero-order valence-corrected chi connectivity index (χ0v) is 17.3. The second kappa shape index (κ2) is 7.22. The third-order valence-corrected chi connectivity index (χ3v) is 5.74. The van der Waals surface area contributed by atoms with Crippen LogP contribution in [0, 0.1) is 13.8 Å². The Morgan fingerprint density at radius 1 is 1.16 bits per heavy atom. The number of pyridine rings is 1. The Kier molecular flexibility index (Phi) is 4.58. The average Bonchev–Trinajstić information content (AvgIpc) is 3.11. The Morgan fingerprint density at radius 3 is 2.72 bits per heavy atom. The third-order valence-electron chi connectivity index (χ3n) is 5.74. The molecule has 9 heteroatoms. The fourth-order valence-corrected chi connectivity index (χ4v) is 4.29. The number of aryl methyl sites for hydroxylation is 2. The molecule has 0 aliphatic carbocycles. The summed E-state index contributed by atoms with van der Waals surface area (Å²) < 4.78 is 45.9. The normalized spacial score (nSPS) is 16.1. The van der Waals surface area contributed by atoms with E-state index < -0.39 is 23.8 Å². The molecule has 2 aromatic heterocycles. The van der Waals surface area contributed by atoms with E-state index in [4.69, 9.17) is 4.74 Å². The molecule has 0 spiro atoms. The summed E-state index contributed by atoms with van der Waals surface area (Å²) in [5.41, 5.74) is 2.57. The van der Waals surface area contributed by atoms with Crippen molar-refractivity contribution in [2.45, 2.75) is 32.5 Å². The number of aromatic nitrogens is 3. The minimum Gasteiger partial charge on any atom is -0.493 e. The number of carbonyl (C=O) groups excluding carboxylic acids is 1. The van der Waals surface area contributed by atoms with E-state index in [9.17, 15) is 18.0 Å². The van der Waals surface area contributed by atoms with Gasteiger partial charge in [0.15, 0.2) is 0 Å². The van der Waals surface area contributed by atoms with Crippen molar-refractivity contribution in [2.75, 3.05) is 6.61 Å². The van der Waals surface area contributed by atoms with Crippen LogP contribution in [0.1, 0.15) is 35.0 Å². The van der Waals surface area contributed by atoms with Gasteiger partial charge in [-0.3, -0.25) is 4.98 Å².